The van der Waals surface area contributed by atoms with Crippen LogP contribution in [0.25, 0.3) is 22.7 Å². The number of aromatic nitrogens is 1. The number of carbonyl (C=O) groups is 1. The maximum absolute atomic E-state index is 13.6. The topological polar surface area (TPSA) is 99.8 Å². The molecule has 2 atom stereocenters. The summed E-state index contributed by atoms with van der Waals surface area (Å²) in [5, 5.41) is 29.4. The second kappa shape index (κ2) is 11.7. The van der Waals surface area contributed by atoms with Crippen LogP contribution >= 0.6 is 0 Å². The zero-order valence-electron chi connectivity index (χ0n) is 19.9. The van der Waals surface area contributed by atoms with Gasteiger partial charge in [-0.2, -0.15) is 0 Å². The number of aliphatic carboxylic acids is 1. The van der Waals surface area contributed by atoms with Gasteiger partial charge in [-0.25, -0.2) is 4.39 Å². The third-order valence-corrected chi connectivity index (χ3v) is 5.21. The van der Waals surface area contributed by atoms with Crippen molar-refractivity contribution in [1.29, 1.82) is 0 Å². The number of pyridine rings is 1. The summed E-state index contributed by atoms with van der Waals surface area (Å²) in [6, 6.07) is 13.0. The Balaban J connectivity index is 0.00000289. The maximum Gasteiger partial charge on any atom is 1.00 e. The summed E-state index contributed by atoms with van der Waals surface area (Å²) in [4.78, 5) is 24.1. The first-order valence-electron chi connectivity index (χ1n) is 10.4. The van der Waals surface area contributed by atoms with Gasteiger partial charge in [0.25, 0.3) is 0 Å². The number of nitrogens with zero attached hydrogens (tertiary/aromatic N) is 1. The number of fused-ring (bicyclic) bond motifs is 1. The summed E-state index contributed by atoms with van der Waals surface area (Å²) >= 11 is 0. The monoisotopic (exact) mass is 463 g/mol. The van der Waals surface area contributed by atoms with Crippen molar-refractivity contribution in [3.63, 3.8) is 0 Å². The smallest absolute Gasteiger partial charge is 1.00 e. The minimum absolute atomic E-state index is 0. The Labute approximate surface area is 214 Å². The molecule has 0 radical (unpaired) electrons. The molecule has 0 saturated heterocycles. The fourth-order valence-electron chi connectivity index (χ4n) is 3.81. The molecular weight excluding hydrogens is 436 g/mol. The number of aliphatic hydroxyl groups excluding tert-OH is 2. The molecule has 0 aliphatic carbocycles. The summed E-state index contributed by atoms with van der Waals surface area (Å²) in [5.41, 5.74) is 2.21. The number of hydrogen-bond donors (Lipinski definition) is 3. The van der Waals surface area contributed by atoms with Crippen LogP contribution in [0.15, 0.2) is 59.4 Å². The molecule has 6 nitrogen and oxygen atoms in total. The molecule has 0 aliphatic heterocycles. The molecular formula is C25H27FNNaO5. The second-order valence-electron chi connectivity index (χ2n) is 8.03. The Hall–Kier alpha value is -2.29. The molecule has 2 aromatic carbocycles. The zero-order valence-corrected chi connectivity index (χ0v) is 20.9. The fourth-order valence-corrected chi connectivity index (χ4v) is 3.81. The van der Waals surface area contributed by atoms with Crippen LogP contribution in [0.1, 0.15) is 45.3 Å². The number of carboxylic acids is 1. The van der Waals surface area contributed by atoms with E-state index < -0.39 is 24.6 Å². The summed E-state index contributed by atoms with van der Waals surface area (Å²) in [6.07, 6.45) is 0.0813. The average Bonchev–Trinajstić information content (AvgIpc) is 2.72. The minimum Gasteiger partial charge on any atom is -1.00 e. The standard InChI is InChI=1S/C25H26FNO5.Na.H/c1-15(2)24-22(12-11-18(28)13-19(29)14-23(30)31)27(17-9-7-16(26)8-10-17)21-6-4-3-5-20(21)25(24)32;;/h3-12,15,18-19,28-29H,13-14H2,1-2H3,(H,30,31);;/q;+1;-1/b12-11+;;/t18-,19?;;/m1../s1. The molecule has 1 aromatic heterocycles. The van der Waals surface area contributed by atoms with E-state index in [1.807, 2.05) is 18.4 Å². The summed E-state index contributed by atoms with van der Waals surface area (Å²) < 4.78 is 15.4. The number of aliphatic hydroxyl groups is 2. The van der Waals surface area contributed by atoms with E-state index >= 15 is 0 Å². The molecule has 0 aliphatic rings. The Bertz CT molecular complexity index is 1210. The van der Waals surface area contributed by atoms with Crippen molar-refractivity contribution in [3.8, 4) is 5.69 Å². The van der Waals surface area contributed by atoms with Gasteiger partial charge in [0, 0.05) is 23.1 Å². The molecule has 1 unspecified atom stereocenters. The number of para-hydroxylation sites is 1. The molecule has 3 aromatic rings. The Morgan fingerprint density at radius 1 is 1.12 bits per heavy atom. The van der Waals surface area contributed by atoms with Crippen molar-refractivity contribution in [2.75, 3.05) is 0 Å². The van der Waals surface area contributed by atoms with E-state index in [0.29, 0.717) is 27.8 Å². The summed E-state index contributed by atoms with van der Waals surface area (Å²) in [6.45, 7) is 3.79. The molecule has 3 N–H and O–H groups in total. The van der Waals surface area contributed by atoms with Gasteiger partial charge in [0.2, 0.25) is 0 Å². The van der Waals surface area contributed by atoms with Crippen molar-refractivity contribution in [2.45, 2.75) is 44.8 Å². The van der Waals surface area contributed by atoms with Crippen molar-refractivity contribution in [1.82, 2.24) is 4.57 Å². The van der Waals surface area contributed by atoms with E-state index in [1.165, 1.54) is 18.2 Å². The molecule has 170 valence electrons. The molecule has 33 heavy (non-hydrogen) atoms. The SMILES string of the molecule is CC(C)c1c(/C=C/[C@@H](O)CC(O)CC(=O)O)n(-c2ccc(F)cc2)c2ccccc2c1=O.[H-].[Na+]. The first-order valence-corrected chi connectivity index (χ1v) is 10.4. The Morgan fingerprint density at radius 2 is 1.76 bits per heavy atom. The van der Waals surface area contributed by atoms with Crippen molar-refractivity contribution in [2.24, 2.45) is 0 Å². The van der Waals surface area contributed by atoms with E-state index in [-0.39, 0.29) is 54.6 Å². The molecule has 3 rings (SSSR count). The van der Waals surface area contributed by atoms with Gasteiger partial charge in [0.15, 0.2) is 5.43 Å². The molecule has 0 bridgehead atoms. The Morgan fingerprint density at radius 3 is 2.36 bits per heavy atom. The van der Waals surface area contributed by atoms with Crippen LogP contribution in [0, 0.1) is 5.82 Å². The quantitative estimate of drug-likeness (QED) is 0.433. The molecule has 0 spiro atoms. The summed E-state index contributed by atoms with van der Waals surface area (Å²) in [5.74, 6) is -1.69. The number of rotatable bonds is 8. The van der Waals surface area contributed by atoms with Gasteiger partial charge in [-0.1, -0.05) is 32.1 Å². The second-order valence-corrected chi connectivity index (χ2v) is 8.03. The maximum atomic E-state index is 13.6. The Kier molecular flexibility index (Phi) is 9.57. The van der Waals surface area contributed by atoms with Crippen LogP contribution in [0.2, 0.25) is 0 Å². The van der Waals surface area contributed by atoms with E-state index in [4.69, 9.17) is 5.11 Å². The first-order chi connectivity index (χ1) is 15.2. The molecule has 8 heteroatoms. The van der Waals surface area contributed by atoms with Gasteiger partial charge in [0.1, 0.15) is 5.82 Å². The van der Waals surface area contributed by atoms with E-state index in [1.54, 1.807) is 42.5 Å². The summed E-state index contributed by atoms with van der Waals surface area (Å²) in [7, 11) is 0. The van der Waals surface area contributed by atoms with E-state index in [0.717, 1.165) is 0 Å². The molecule has 0 saturated carbocycles. The van der Waals surface area contributed by atoms with Gasteiger partial charge >= 0.3 is 35.5 Å². The van der Waals surface area contributed by atoms with Gasteiger partial charge in [0.05, 0.1) is 29.8 Å². The largest absolute Gasteiger partial charge is 1.00 e. The fraction of sp³-hybridized carbons (Fsp3) is 0.280. The third-order valence-electron chi connectivity index (χ3n) is 5.21. The molecule has 1 heterocycles. The van der Waals surface area contributed by atoms with E-state index in [9.17, 15) is 24.2 Å². The van der Waals surface area contributed by atoms with Crippen molar-refractivity contribution in [3.05, 3.63) is 81.9 Å². The number of carboxylic acid groups (broad SMARTS) is 1. The van der Waals surface area contributed by atoms with Gasteiger partial charge in [-0.15, -0.1) is 0 Å². The normalized spacial score (nSPS) is 13.3. The average molecular weight is 463 g/mol. The van der Waals surface area contributed by atoms with Gasteiger partial charge < -0.3 is 21.3 Å². The van der Waals surface area contributed by atoms with E-state index in [2.05, 4.69) is 0 Å². The molecule has 0 fully saturated rings. The van der Waals surface area contributed by atoms with Crippen LogP contribution < -0.4 is 35.0 Å². The van der Waals surface area contributed by atoms with Crippen LogP contribution in [0.4, 0.5) is 4.39 Å². The predicted molar refractivity (Wildman–Crippen MR) is 123 cm³/mol. The number of hydrogen-bond acceptors (Lipinski definition) is 4. The van der Waals surface area contributed by atoms with Crippen LogP contribution in [-0.2, 0) is 4.79 Å². The molecule has 0 amide bonds. The van der Waals surface area contributed by atoms with Crippen LogP contribution in [0.3, 0.4) is 0 Å². The number of halogens is 1. The predicted octanol–water partition coefficient (Wildman–Crippen LogP) is 0.969. The van der Waals surface area contributed by atoms with Crippen molar-refractivity contribution < 1.29 is 55.5 Å². The van der Waals surface area contributed by atoms with Crippen LogP contribution in [-0.4, -0.2) is 38.1 Å². The third kappa shape index (κ3) is 6.40. The minimum atomic E-state index is -1.20. The van der Waals surface area contributed by atoms with Gasteiger partial charge in [-0.05, 0) is 48.4 Å². The van der Waals surface area contributed by atoms with Gasteiger partial charge in [-0.3, -0.25) is 9.59 Å². The van der Waals surface area contributed by atoms with Crippen LogP contribution in [0.5, 0.6) is 0 Å². The first kappa shape index (κ1) is 27.0. The van der Waals surface area contributed by atoms with Crippen molar-refractivity contribution >= 4 is 22.9 Å². The zero-order chi connectivity index (χ0) is 23.4. The number of benzene rings is 2.